The summed E-state index contributed by atoms with van der Waals surface area (Å²) >= 11 is -0.242. The maximum atomic E-state index is 12.6. The maximum absolute atomic E-state index is 12.6. The number of aryl methyl sites for hydroxylation is 1. The summed E-state index contributed by atoms with van der Waals surface area (Å²) in [6.45, 7) is 3.19. The first kappa shape index (κ1) is 18.5. The van der Waals surface area contributed by atoms with Gasteiger partial charge in [-0.3, -0.25) is 0 Å². The van der Waals surface area contributed by atoms with E-state index < -0.39 is 15.8 Å². The van der Waals surface area contributed by atoms with Crippen molar-refractivity contribution in [1.29, 1.82) is 0 Å². The van der Waals surface area contributed by atoms with Gasteiger partial charge in [-0.1, -0.05) is 0 Å². The van der Waals surface area contributed by atoms with Crippen LogP contribution >= 0.6 is 0 Å². The quantitative estimate of drug-likeness (QED) is 0.542. The van der Waals surface area contributed by atoms with Crippen molar-refractivity contribution in [2.24, 2.45) is 0 Å². The second-order valence-corrected chi connectivity index (χ2v) is 9.45. The summed E-state index contributed by atoms with van der Waals surface area (Å²) in [5.41, 5.74) is 0.992. The van der Waals surface area contributed by atoms with Crippen molar-refractivity contribution in [3.63, 3.8) is 0 Å². The van der Waals surface area contributed by atoms with Crippen molar-refractivity contribution >= 4 is 35.2 Å². The third-order valence-corrected chi connectivity index (χ3v) is 7.02. The zero-order chi connectivity index (χ0) is 17.6. The summed E-state index contributed by atoms with van der Waals surface area (Å²) in [5, 5.41) is 1.23. The number of hydrogen-bond donors (Lipinski definition) is 0. The van der Waals surface area contributed by atoms with E-state index in [2.05, 4.69) is 0 Å². The van der Waals surface area contributed by atoms with Gasteiger partial charge in [-0.2, -0.15) is 0 Å². The van der Waals surface area contributed by atoms with Crippen molar-refractivity contribution in [3.8, 4) is 0 Å². The molecule has 0 unspecified atom stereocenters. The molecular weight excluding hydrogens is 391 g/mol. The molecule has 0 heterocycles. The van der Waals surface area contributed by atoms with Crippen LogP contribution < -0.4 is 4.46 Å². The fourth-order valence-electron chi connectivity index (χ4n) is 1.87. The second kappa shape index (κ2) is 8.29. The number of sulfone groups is 1. The predicted molar refractivity (Wildman–Crippen MR) is 94.9 cm³/mol. The van der Waals surface area contributed by atoms with Gasteiger partial charge < -0.3 is 0 Å². The van der Waals surface area contributed by atoms with Crippen molar-refractivity contribution in [2.75, 3.05) is 6.61 Å². The van der Waals surface area contributed by atoms with Gasteiger partial charge in [-0.15, -0.1) is 0 Å². The molecule has 4 nitrogen and oxygen atoms in total. The Kier molecular flexibility index (Phi) is 6.37. The molecule has 0 saturated carbocycles. The number of ether oxygens (including phenoxy) is 1. The zero-order valence-corrected chi connectivity index (χ0v) is 16.0. The molecule has 0 radical (unpaired) electrons. The van der Waals surface area contributed by atoms with Crippen LogP contribution in [0.15, 0.2) is 69.4 Å². The summed E-state index contributed by atoms with van der Waals surface area (Å²) in [7, 11) is -3.58. The van der Waals surface area contributed by atoms with Crippen molar-refractivity contribution in [2.45, 2.75) is 18.7 Å². The fourth-order valence-corrected chi connectivity index (χ4v) is 5.58. The van der Waals surface area contributed by atoms with Gasteiger partial charge in [0, 0.05) is 0 Å². The zero-order valence-electron chi connectivity index (χ0n) is 13.4. The molecule has 0 aromatic heterocycles. The van der Waals surface area contributed by atoms with Gasteiger partial charge in [0.2, 0.25) is 0 Å². The average molecular weight is 409 g/mol. The summed E-state index contributed by atoms with van der Waals surface area (Å²) < 4.78 is 31.8. The van der Waals surface area contributed by atoms with E-state index in [1.54, 1.807) is 24.3 Å². The van der Waals surface area contributed by atoms with Crippen LogP contribution in [0.1, 0.15) is 12.5 Å². The molecule has 0 spiro atoms. The van der Waals surface area contributed by atoms with Gasteiger partial charge in [0.05, 0.1) is 0 Å². The van der Waals surface area contributed by atoms with E-state index >= 15 is 0 Å². The Morgan fingerprint density at radius 3 is 2.29 bits per heavy atom. The Hall–Kier alpha value is -1.88. The Labute approximate surface area is 148 Å². The molecule has 0 aliphatic heterocycles. The number of carbonyl (C=O) groups excluding carboxylic acids is 1. The summed E-state index contributed by atoms with van der Waals surface area (Å²) in [6, 6.07) is 16.2. The van der Waals surface area contributed by atoms with Crippen LogP contribution in [0.3, 0.4) is 0 Å². The molecular formula is C18H18O4SSe. The predicted octanol–water partition coefficient (Wildman–Crippen LogP) is 2.20. The minimum atomic E-state index is -3.58. The van der Waals surface area contributed by atoms with Crippen molar-refractivity contribution < 1.29 is 17.9 Å². The van der Waals surface area contributed by atoms with E-state index in [9.17, 15) is 13.2 Å². The van der Waals surface area contributed by atoms with Crippen LogP contribution in [0.4, 0.5) is 0 Å². The molecule has 6 heteroatoms. The Balaban J connectivity index is 2.31. The van der Waals surface area contributed by atoms with E-state index in [4.69, 9.17) is 4.74 Å². The first-order chi connectivity index (χ1) is 11.4. The molecule has 0 aliphatic carbocycles. The summed E-state index contributed by atoms with van der Waals surface area (Å²) in [6.07, 6.45) is 0. The number of hydrogen-bond acceptors (Lipinski definition) is 4. The first-order valence-electron chi connectivity index (χ1n) is 7.25. The molecule has 2 aromatic rings. The van der Waals surface area contributed by atoms with E-state index in [1.165, 1.54) is 12.3 Å². The van der Waals surface area contributed by atoms with Crippen LogP contribution in [0.5, 0.6) is 0 Å². The molecule has 126 valence electrons. The topological polar surface area (TPSA) is 60.4 Å². The number of rotatable bonds is 6. The number of benzene rings is 2. The SMILES string of the molecule is CC(=O)OC/C(=C\S(=O)(=O)c1ccc(C)cc1)[Se]c1ccccc1. The molecule has 2 aromatic carbocycles. The van der Waals surface area contributed by atoms with Gasteiger partial charge in [-0.25, -0.2) is 0 Å². The Morgan fingerprint density at radius 2 is 1.71 bits per heavy atom. The van der Waals surface area contributed by atoms with Gasteiger partial charge in [0.1, 0.15) is 0 Å². The number of carbonyl (C=O) groups is 1. The van der Waals surface area contributed by atoms with Gasteiger partial charge >= 0.3 is 149 Å². The van der Waals surface area contributed by atoms with Crippen LogP contribution in [0.2, 0.25) is 0 Å². The monoisotopic (exact) mass is 410 g/mol. The van der Waals surface area contributed by atoms with E-state index in [-0.39, 0.29) is 26.5 Å². The molecule has 0 aliphatic rings. The fraction of sp³-hybridized carbons (Fsp3) is 0.167. The molecule has 2 rings (SSSR count). The average Bonchev–Trinajstić information content (AvgIpc) is 2.54. The van der Waals surface area contributed by atoms with E-state index in [1.807, 2.05) is 37.3 Å². The van der Waals surface area contributed by atoms with Crippen LogP contribution in [-0.2, 0) is 19.4 Å². The Morgan fingerprint density at radius 1 is 1.08 bits per heavy atom. The minimum absolute atomic E-state index is 0.0185. The number of esters is 1. The molecule has 0 fully saturated rings. The summed E-state index contributed by atoms with van der Waals surface area (Å²) in [5.74, 6) is -0.433. The van der Waals surface area contributed by atoms with Crippen molar-refractivity contribution in [1.82, 2.24) is 0 Å². The third kappa shape index (κ3) is 5.64. The summed E-state index contributed by atoms with van der Waals surface area (Å²) in [4.78, 5) is 11.3. The van der Waals surface area contributed by atoms with Gasteiger partial charge in [-0.05, 0) is 0 Å². The second-order valence-electron chi connectivity index (χ2n) is 5.14. The Bertz CT molecular complexity index is 825. The normalized spacial score (nSPS) is 12.0. The molecule has 24 heavy (non-hydrogen) atoms. The molecule has 0 amide bonds. The van der Waals surface area contributed by atoms with Gasteiger partial charge in [0.15, 0.2) is 0 Å². The van der Waals surface area contributed by atoms with Crippen molar-refractivity contribution in [3.05, 3.63) is 70.0 Å². The van der Waals surface area contributed by atoms with Crippen LogP contribution in [0.25, 0.3) is 0 Å². The third-order valence-electron chi connectivity index (χ3n) is 3.05. The van der Waals surface area contributed by atoms with Crippen LogP contribution in [0, 0.1) is 6.92 Å². The molecule has 0 bridgehead atoms. The van der Waals surface area contributed by atoms with Gasteiger partial charge in [0.25, 0.3) is 0 Å². The molecule has 0 atom stereocenters. The standard InChI is InChI=1S/C18H18O4SSe/c1-14-8-10-16(11-9-14)23(20,21)13-18(12-22-15(2)19)24-17-6-4-3-5-7-17/h3-11,13H,12H2,1-2H3/b18-13+. The van der Waals surface area contributed by atoms with Crippen LogP contribution in [-0.4, -0.2) is 36.0 Å². The van der Waals surface area contributed by atoms with E-state index in [0.29, 0.717) is 4.47 Å². The first-order valence-corrected chi connectivity index (χ1v) is 10.5. The van der Waals surface area contributed by atoms with E-state index in [0.717, 1.165) is 10.0 Å². The molecule has 0 N–H and O–H groups in total. The molecule has 0 saturated heterocycles.